The minimum atomic E-state index is -0.350. The Hall–Kier alpha value is -0.900. The van der Waals surface area contributed by atoms with E-state index in [1.54, 1.807) is 17.4 Å². The lowest BCUT2D eigenvalue weighted by Crippen LogP contribution is -2.14. The molecule has 0 aliphatic carbocycles. The summed E-state index contributed by atoms with van der Waals surface area (Å²) in [6.45, 7) is 0. The first kappa shape index (κ1) is 11.6. The molecular weight excluding hydrogens is 245 g/mol. The number of rotatable bonds is 3. The van der Waals surface area contributed by atoms with Crippen molar-refractivity contribution in [3.8, 4) is 0 Å². The molecule has 0 saturated carbocycles. The highest BCUT2D eigenvalue weighted by molar-refractivity contribution is 7.09. The quantitative estimate of drug-likeness (QED) is 0.887. The molecule has 1 nitrogen and oxygen atoms in total. The van der Waals surface area contributed by atoms with Gasteiger partial charge in [-0.3, -0.25) is 0 Å². The van der Waals surface area contributed by atoms with Gasteiger partial charge in [-0.15, -0.1) is 11.3 Å². The minimum Gasteiger partial charge on any atom is -0.324 e. The maximum atomic E-state index is 13.5. The van der Waals surface area contributed by atoms with E-state index in [2.05, 4.69) is 0 Å². The highest BCUT2D eigenvalue weighted by atomic mass is 35.5. The average Bonchev–Trinajstić information content (AvgIpc) is 2.74. The molecule has 0 saturated heterocycles. The molecule has 0 radical (unpaired) electrons. The van der Waals surface area contributed by atoms with E-state index in [-0.39, 0.29) is 11.9 Å². The fraction of sp³-hybridized carbons (Fsp3) is 0.167. The molecule has 1 aromatic carbocycles. The first-order valence-corrected chi connectivity index (χ1v) is 6.15. The van der Waals surface area contributed by atoms with E-state index in [0.29, 0.717) is 17.0 Å². The molecule has 1 atom stereocenters. The van der Waals surface area contributed by atoms with E-state index in [4.69, 9.17) is 17.3 Å². The van der Waals surface area contributed by atoms with E-state index in [1.165, 1.54) is 12.1 Å². The Labute approximate surface area is 103 Å². The molecule has 1 heterocycles. The van der Waals surface area contributed by atoms with Gasteiger partial charge in [0.05, 0.1) is 0 Å². The predicted octanol–water partition coefficient (Wildman–Crippen LogP) is 3.78. The summed E-state index contributed by atoms with van der Waals surface area (Å²) in [5, 5.41) is 2.49. The zero-order valence-corrected chi connectivity index (χ0v) is 10.1. The highest BCUT2D eigenvalue weighted by Gasteiger charge is 2.13. The van der Waals surface area contributed by atoms with Crippen molar-refractivity contribution in [3.05, 3.63) is 57.0 Å². The average molecular weight is 256 g/mol. The molecule has 2 aromatic rings. The van der Waals surface area contributed by atoms with Gasteiger partial charge < -0.3 is 5.73 Å². The van der Waals surface area contributed by atoms with Crippen molar-refractivity contribution in [3.63, 3.8) is 0 Å². The topological polar surface area (TPSA) is 26.0 Å². The van der Waals surface area contributed by atoms with Crippen molar-refractivity contribution in [2.75, 3.05) is 0 Å². The van der Waals surface area contributed by atoms with Gasteiger partial charge in [0.25, 0.3) is 0 Å². The molecule has 4 heteroatoms. The van der Waals surface area contributed by atoms with Crippen LogP contribution in [0, 0.1) is 5.82 Å². The predicted molar refractivity (Wildman–Crippen MR) is 66.4 cm³/mol. The van der Waals surface area contributed by atoms with E-state index in [1.807, 2.05) is 17.5 Å². The van der Waals surface area contributed by atoms with Crippen LogP contribution in [0.1, 0.15) is 16.5 Å². The van der Waals surface area contributed by atoms with Crippen molar-refractivity contribution in [2.24, 2.45) is 5.73 Å². The zero-order chi connectivity index (χ0) is 11.5. The third kappa shape index (κ3) is 2.61. The number of benzene rings is 1. The number of nitrogens with two attached hydrogens (primary N) is 1. The van der Waals surface area contributed by atoms with Crippen LogP contribution in [0.3, 0.4) is 0 Å². The first-order valence-electron chi connectivity index (χ1n) is 4.89. The number of halogens is 2. The second-order valence-electron chi connectivity index (χ2n) is 3.56. The van der Waals surface area contributed by atoms with Crippen molar-refractivity contribution in [2.45, 2.75) is 12.5 Å². The van der Waals surface area contributed by atoms with E-state index >= 15 is 0 Å². The molecule has 84 valence electrons. The van der Waals surface area contributed by atoms with Crippen LogP contribution < -0.4 is 5.73 Å². The monoisotopic (exact) mass is 255 g/mol. The largest absolute Gasteiger partial charge is 0.324 e. The Kier molecular flexibility index (Phi) is 3.59. The number of thiophene rings is 1. The van der Waals surface area contributed by atoms with Crippen LogP contribution in [0.2, 0.25) is 5.02 Å². The van der Waals surface area contributed by atoms with Crippen molar-refractivity contribution in [1.29, 1.82) is 0 Å². The molecule has 1 unspecified atom stereocenters. The lowest BCUT2D eigenvalue weighted by molar-refractivity contribution is 0.581. The van der Waals surface area contributed by atoms with Crippen LogP contribution >= 0.6 is 22.9 Å². The summed E-state index contributed by atoms with van der Waals surface area (Å²) in [7, 11) is 0. The normalized spacial score (nSPS) is 12.7. The SMILES string of the molecule is NC(Cc1cccs1)c1cc(Cl)ccc1F. The summed E-state index contributed by atoms with van der Waals surface area (Å²) >= 11 is 7.44. The molecule has 1 aromatic heterocycles. The van der Waals surface area contributed by atoms with Gasteiger partial charge in [-0.1, -0.05) is 17.7 Å². The number of hydrogen-bond donors (Lipinski definition) is 1. The summed E-state index contributed by atoms with van der Waals surface area (Å²) in [4.78, 5) is 1.15. The Balaban J connectivity index is 2.20. The molecular formula is C12H11ClFNS. The first-order chi connectivity index (χ1) is 7.66. The maximum Gasteiger partial charge on any atom is 0.128 e. The summed E-state index contributed by atoms with van der Waals surface area (Å²) in [5.41, 5.74) is 6.44. The van der Waals surface area contributed by atoms with Crippen LogP contribution in [0.25, 0.3) is 0 Å². The lowest BCUT2D eigenvalue weighted by atomic mass is 10.0. The Morgan fingerprint density at radius 1 is 1.38 bits per heavy atom. The second-order valence-corrected chi connectivity index (χ2v) is 5.02. The van der Waals surface area contributed by atoms with Crippen LogP contribution in [0.5, 0.6) is 0 Å². The molecule has 0 aliphatic rings. The molecule has 2 N–H and O–H groups in total. The zero-order valence-electron chi connectivity index (χ0n) is 8.49. The van der Waals surface area contributed by atoms with Gasteiger partial charge >= 0.3 is 0 Å². The van der Waals surface area contributed by atoms with Crippen LogP contribution in [0.15, 0.2) is 35.7 Å². The molecule has 0 spiro atoms. The summed E-state index contributed by atoms with van der Waals surface area (Å²) in [6.07, 6.45) is 0.634. The van der Waals surface area contributed by atoms with Crippen LogP contribution in [-0.4, -0.2) is 0 Å². The fourth-order valence-corrected chi connectivity index (χ4v) is 2.50. The van der Waals surface area contributed by atoms with Crippen molar-refractivity contribution >= 4 is 22.9 Å². The van der Waals surface area contributed by atoms with Crippen molar-refractivity contribution < 1.29 is 4.39 Å². The maximum absolute atomic E-state index is 13.5. The second kappa shape index (κ2) is 4.95. The Morgan fingerprint density at radius 3 is 2.88 bits per heavy atom. The van der Waals surface area contributed by atoms with Crippen LogP contribution in [0.4, 0.5) is 4.39 Å². The molecule has 16 heavy (non-hydrogen) atoms. The summed E-state index contributed by atoms with van der Waals surface area (Å²) in [6, 6.07) is 8.07. The van der Waals surface area contributed by atoms with Gasteiger partial charge in [0.2, 0.25) is 0 Å². The summed E-state index contributed by atoms with van der Waals surface area (Å²) < 4.78 is 13.5. The molecule has 0 bridgehead atoms. The summed E-state index contributed by atoms with van der Waals surface area (Å²) in [5.74, 6) is -0.298. The molecule has 0 amide bonds. The molecule has 0 fully saturated rings. The minimum absolute atomic E-state index is 0.298. The van der Waals surface area contributed by atoms with Gasteiger partial charge in [-0.25, -0.2) is 4.39 Å². The van der Waals surface area contributed by atoms with Crippen LogP contribution in [-0.2, 0) is 6.42 Å². The number of hydrogen-bond acceptors (Lipinski definition) is 2. The van der Waals surface area contributed by atoms with E-state index in [0.717, 1.165) is 4.88 Å². The third-order valence-electron chi connectivity index (χ3n) is 2.36. The van der Waals surface area contributed by atoms with Gasteiger partial charge in [-0.2, -0.15) is 0 Å². The standard InChI is InChI=1S/C12H11ClFNS/c13-8-3-4-11(14)10(6-8)12(15)7-9-2-1-5-16-9/h1-6,12H,7,15H2. The van der Waals surface area contributed by atoms with Gasteiger partial charge in [-0.05, 0) is 29.6 Å². The molecule has 2 rings (SSSR count). The fourth-order valence-electron chi connectivity index (χ4n) is 1.55. The van der Waals surface area contributed by atoms with E-state index < -0.39 is 0 Å². The molecule has 0 aliphatic heterocycles. The highest BCUT2D eigenvalue weighted by Crippen LogP contribution is 2.24. The van der Waals surface area contributed by atoms with E-state index in [9.17, 15) is 4.39 Å². The van der Waals surface area contributed by atoms with Gasteiger partial charge in [0, 0.05) is 27.9 Å². The smallest absolute Gasteiger partial charge is 0.128 e. The van der Waals surface area contributed by atoms with Crippen molar-refractivity contribution in [1.82, 2.24) is 0 Å². The van der Waals surface area contributed by atoms with Gasteiger partial charge in [0.15, 0.2) is 0 Å². The Morgan fingerprint density at radius 2 is 2.19 bits per heavy atom. The third-order valence-corrected chi connectivity index (χ3v) is 3.49. The lowest BCUT2D eigenvalue weighted by Gasteiger charge is -2.12. The van der Waals surface area contributed by atoms with Gasteiger partial charge in [0.1, 0.15) is 5.82 Å². The Bertz CT molecular complexity index is 470.